The first-order valence-electron chi connectivity index (χ1n) is 7.58. The predicted molar refractivity (Wildman–Crippen MR) is 89.1 cm³/mol. The number of hydrogen-bond acceptors (Lipinski definition) is 1. The molecule has 0 unspecified atom stereocenters. The summed E-state index contributed by atoms with van der Waals surface area (Å²) in [5, 5.41) is 0. The molecule has 0 N–H and O–H groups in total. The van der Waals surface area contributed by atoms with Crippen molar-refractivity contribution in [3.05, 3.63) is 70.3 Å². The highest BCUT2D eigenvalue weighted by molar-refractivity contribution is 6.10. The number of carbonyl (C=O) groups excluding carboxylic acids is 1. The molecule has 1 nitrogen and oxygen atoms in total. The van der Waals surface area contributed by atoms with Gasteiger partial charge in [-0.2, -0.15) is 0 Å². The first-order valence-corrected chi connectivity index (χ1v) is 7.58. The third-order valence-electron chi connectivity index (χ3n) is 4.66. The van der Waals surface area contributed by atoms with Gasteiger partial charge in [0, 0.05) is 11.1 Å². The molecule has 0 spiro atoms. The van der Waals surface area contributed by atoms with Crippen LogP contribution in [-0.4, -0.2) is 5.78 Å². The Labute approximate surface area is 128 Å². The van der Waals surface area contributed by atoms with Gasteiger partial charge in [0.25, 0.3) is 0 Å². The van der Waals surface area contributed by atoms with Gasteiger partial charge in [0.1, 0.15) is 0 Å². The van der Waals surface area contributed by atoms with E-state index in [-0.39, 0.29) is 11.2 Å². The molecule has 0 amide bonds. The molecule has 0 heterocycles. The Morgan fingerprint density at radius 1 is 1.00 bits per heavy atom. The summed E-state index contributed by atoms with van der Waals surface area (Å²) in [6, 6.07) is 14.0. The van der Waals surface area contributed by atoms with E-state index in [1.54, 1.807) is 0 Å². The van der Waals surface area contributed by atoms with E-state index in [4.69, 9.17) is 0 Å². The Morgan fingerprint density at radius 2 is 1.62 bits per heavy atom. The lowest BCUT2D eigenvalue weighted by molar-refractivity contribution is 0.103. The molecule has 0 fully saturated rings. The monoisotopic (exact) mass is 280 g/mol. The summed E-state index contributed by atoms with van der Waals surface area (Å²) in [7, 11) is 0. The molecule has 0 atom stereocenters. The zero-order valence-corrected chi connectivity index (χ0v) is 13.7. The number of hydrogen-bond donors (Lipinski definition) is 0. The van der Waals surface area contributed by atoms with E-state index in [9.17, 15) is 4.79 Å². The summed E-state index contributed by atoms with van der Waals surface area (Å²) in [6.07, 6.45) is 1.08. The van der Waals surface area contributed by atoms with Crippen molar-refractivity contribution in [2.45, 2.75) is 46.5 Å². The lowest BCUT2D eigenvalue weighted by Crippen LogP contribution is -2.15. The second-order valence-electron chi connectivity index (χ2n) is 6.39. The zero-order valence-electron chi connectivity index (χ0n) is 13.7. The Hall–Kier alpha value is -1.89. The maximum atomic E-state index is 12.6. The van der Waals surface area contributed by atoms with Crippen molar-refractivity contribution in [1.82, 2.24) is 0 Å². The van der Waals surface area contributed by atoms with E-state index in [0.717, 1.165) is 28.7 Å². The Balaban J connectivity index is 2.35. The van der Waals surface area contributed by atoms with Gasteiger partial charge in [-0.25, -0.2) is 0 Å². The average molecular weight is 280 g/mol. The molecule has 0 aromatic heterocycles. The molecule has 0 aliphatic carbocycles. The SMILES string of the molecule is CCC(C)(C)c1ccc(C(=O)c2cccc(C)c2C)cc1. The molecule has 2 rings (SSSR count). The molecule has 21 heavy (non-hydrogen) atoms. The van der Waals surface area contributed by atoms with Crippen LogP contribution >= 0.6 is 0 Å². The molecule has 0 bridgehead atoms. The number of aryl methyl sites for hydroxylation is 1. The van der Waals surface area contributed by atoms with Crippen LogP contribution in [0.25, 0.3) is 0 Å². The maximum Gasteiger partial charge on any atom is 0.193 e. The largest absolute Gasteiger partial charge is 0.289 e. The molecule has 0 aliphatic heterocycles. The summed E-state index contributed by atoms with van der Waals surface area (Å²) in [5.41, 5.74) is 5.23. The van der Waals surface area contributed by atoms with E-state index in [1.165, 1.54) is 5.56 Å². The fraction of sp³-hybridized carbons (Fsp3) is 0.350. The normalized spacial score (nSPS) is 11.5. The minimum absolute atomic E-state index is 0.108. The van der Waals surface area contributed by atoms with Crippen LogP contribution in [0.2, 0.25) is 0 Å². The van der Waals surface area contributed by atoms with Crippen molar-refractivity contribution in [3.63, 3.8) is 0 Å². The van der Waals surface area contributed by atoms with E-state index >= 15 is 0 Å². The Bertz CT molecular complexity index is 648. The molecule has 0 radical (unpaired) electrons. The van der Waals surface area contributed by atoms with Crippen molar-refractivity contribution in [2.24, 2.45) is 0 Å². The van der Waals surface area contributed by atoms with Gasteiger partial charge in [0.2, 0.25) is 0 Å². The third kappa shape index (κ3) is 3.07. The first kappa shape index (κ1) is 15.5. The van der Waals surface area contributed by atoms with Gasteiger partial charge < -0.3 is 0 Å². The molecule has 2 aromatic carbocycles. The number of benzene rings is 2. The smallest absolute Gasteiger partial charge is 0.193 e. The van der Waals surface area contributed by atoms with E-state index in [2.05, 4.69) is 32.9 Å². The summed E-state index contributed by atoms with van der Waals surface area (Å²) >= 11 is 0. The predicted octanol–water partition coefficient (Wildman–Crippen LogP) is 5.22. The molecule has 0 aliphatic rings. The highest BCUT2D eigenvalue weighted by atomic mass is 16.1. The van der Waals surface area contributed by atoms with Crippen LogP contribution in [0.5, 0.6) is 0 Å². The fourth-order valence-corrected chi connectivity index (χ4v) is 2.43. The second kappa shape index (κ2) is 5.85. The third-order valence-corrected chi connectivity index (χ3v) is 4.66. The van der Waals surface area contributed by atoms with Crippen molar-refractivity contribution >= 4 is 5.78 Å². The van der Waals surface area contributed by atoms with E-state index < -0.39 is 0 Å². The van der Waals surface area contributed by atoms with Crippen LogP contribution in [0.1, 0.15) is 59.8 Å². The van der Waals surface area contributed by atoms with Crippen molar-refractivity contribution in [2.75, 3.05) is 0 Å². The van der Waals surface area contributed by atoms with E-state index in [0.29, 0.717) is 0 Å². The molecule has 0 saturated heterocycles. The Kier molecular flexibility index (Phi) is 4.32. The standard InChI is InChI=1S/C20H24O/c1-6-20(4,5)17-12-10-16(11-13-17)19(21)18-9-7-8-14(2)15(18)3/h7-13H,6H2,1-5H3. The van der Waals surface area contributed by atoms with Gasteiger partial charge in [0.05, 0.1) is 0 Å². The van der Waals surface area contributed by atoms with Gasteiger partial charge in [-0.05, 0) is 42.4 Å². The Morgan fingerprint density at radius 3 is 2.19 bits per heavy atom. The minimum atomic E-state index is 0.108. The molecular weight excluding hydrogens is 256 g/mol. The van der Waals surface area contributed by atoms with Crippen molar-refractivity contribution in [1.29, 1.82) is 0 Å². The zero-order chi connectivity index (χ0) is 15.6. The van der Waals surface area contributed by atoms with Gasteiger partial charge in [-0.1, -0.05) is 63.2 Å². The lowest BCUT2D eigenvalue weighted by Gasteiger charge is -2.23. The van der Waals surface area contributed by atoms with Gasteiger partial charge in [-0.3, -0.25) is 4.79 Å². The fourth-order valence-electron chi connectivity index (χ4n) is 2.43. The second-order valence-corrected chi connectivity index (χ2v) is 6.39. The van der Waals surface area contributed by atoms with Crippen LogP contribution < -0.4 is 0 Å². The van der Waals surface area contributed by atoms with E-state index in [1.807, 2.05) is 44.2 Å². The molecule has 110 valence electrons. The highest BCUT2D eigenvalue weighted by Gasteiger charge is 2.19. The quantitative estimate of drug-likeness (QED) is 0.701. The van der Waals surface area contributed by atoms with Crippen LogP contribution in [0.4, 0.5) is 0 Å². The highest BCUT2D eigenvalue weighted by Crippen LogP contribution is 2.27. The summed E-state index contributed by atoms with van der Waals surface area (Å²) < 4.78 is 0. The van der Waals surface area contributed by atoms with Crippen LogP contribution in [0, 0.1) is 13.8 Å². The maximum absolute atomic E-state index is 12.6. The van der Waals surface area contributed by atoms with Crippen molar-refractivity contribution in [3.8, 4) is 0 Å². The molecular formula is C20H24O. The molecule has 1 heteroatoms. The average Bonchev–Trinajstić information content (AvgIpc) is 2.49. The number of carbonyl (C=O) groups is 1. The minimum Gasteiger partial charge on any atom is -0.289 e. The van der Waals surface area contributed by atoms with Crippen LogP contribution in [0.3, 0.4) is 0 Å². The van der Waals surface area contributed by atoms with Gasteiger partial charge >= 0.3 is 0 Å². The molecule has 2 aromatic rings. The number of ketones is 1. The van der Waals surface area contributed by atoms with Crippen molar-refractivity contribution < 1.29 is 4.79 Å². The van der Waals surface area contributed by atoms with Gasteiger partial charge in [0.15, 0.2) is 5.78 Å². The summed E-state index contributed by atoms with van der Waals surface area (Å²) in [6.45, 7) is 10.7. The summed E-state index contributed by atoms with van der Waals surface area (Å²) in [4.78, 5) is 12.6. The summed E-state index contributed by atoms with van der Waals surface area (Å²) in [5.74, 6) is 0.108. The van der Waals surface area contributed by atoms with Crippen LogP contribution in [-0.2, 0) is 5.41 Å². The first-order chi connectivity index (χ1) is 9.86. The number of rotatable bonds is 4. The topological polar surface area (TPSA) is 17.1 Å². The molecule has 0 saturated carbocycles. The van der Waals surface area contributed by atoms with Gasteiger partial charge in [-0.15, -0.1) is 0 Å². The lowest BCUT2D eigenvalue weighted by atomic mass is 9.81. The van der Waals surface area contributed by atoms with Crippen LogP contribution in [0.15, 0.2) is 42.5 Å².